The van der Waals surface area contributed by atoms with E-state index in [1.165, 1.54) is 37.4 Å². The SMILES string of the molecule is COc1ccc([C@H]2[C@@H](C(F)(F)F)C(C(=O)NN3CCCCC3)=NN2c2ccc(Cl)cc2Cl)cc1. The van der Waals surface area contributed by atoms with Gasteiger partial charge in [-0.25, -0.2) is 5.01 Å². The molecule has 2 aliphatic heterocycles. The molecule has 0 spiro atoms. The average Bonchev–Trinajstić information content (AvgIpc) is 3.21. The molecule has 0 bridgehead atoms. The molecule has 2 aromatic carbocycles. The first-order valence-corrected chi connectivity index (χ1v) is 11.5. The van der Waals surface area contributed by atoms with Crippen LogP contribution in [0.4, 0.5) is 18.9 Å². The van der Waals surface area contributed by atoms with Crippen LogP contribution >= 0.6 is 23.2 Å². The van der Waals surface area contributed by atoms with Gasteiger partial charge < -0.3 is 4.74 Å². The van der Waals surface area contributed by atoms with Gasteiger partial charge in [-0.3, -0.25) is 15.2 Å². The molecule has 2 aromatic rings. The number of piperidine rings is 1. The van der Waals surface area contributed by atoms with Crippen molar-refractivity contribution < 1.29 is 22.7 Å². The van der Waals surface area contributed by atoms with Gasteiger partial charge in [0.25, 0.3) is 5.91 Å². The van der Waals surface area contributed by atoms with E-state index in [1.54, 1.807) is 17.1 Å². The highest BCUT2D eigenvalue weighted by Crippen LogP contribution is 2.48. The Morgan fingerprint density at radius 2 is 1.76 bits per heavy atom. The van der Waals surface area contributed by atoms with Crippen molar-refractivity contribution in [2.24, 2.45) is 11.0 Å². The number of carbonyl (C=O) groups excluding carboxylic acids is 1. The number of nitrogens with zero attached hydrogens (tertiary/aromatic N) is 3. The molecule has 0 radical (unpaired) electrons. The molecule has 2 aliphatic rings. The Labute approximate surface area is 205 Å². The first-order valence-electron chi connectivity index (χ1n) is 10.8. The number of hydrazone groups is 1. The van der Waals surface area contributed by atoms with Crippen molar-refractivity contribution >= 4 is 40.5 Å². The molecule has 11 heteroatoms. The first kappa shape index (κ1) is 24.6. The van der Waals surface area contributed by atoms with Crippen LogP contribution in [0.25, 0.3) is 0 Å². The largest absolute Gasteiger partial charge is 0.497 e. The zero-order valence-corrected chi connectivity index (χ0v) is 19.8. The second kappa shape index (κ2) is 10.0. The van der Waals surface area contributed by atoms with Crippen molar-refractivity contribution in [3.05, 3.63) is 58.1 Å². The van der Waals surface area contributed by atoms with Crippen LogP contribution < -0.4 is 15.2 Å². The molecule has 2 atom stereocenters. The Bertz CT molecular complexity index is 1070. The number of hydrogen-bond acceptors (Lipinski definition) is 5. The summed E-state index contributed by atoms with van der Waals surface area (Å²) in [6.45, 7) is 1.15. The minimum absolute atomic E-state index is 0.119. The van der Waals surface area contributed by atoms with Gasteiger partial charge in [0.2, 0.25) is 0 Å². The Kier molecular flexibility index (Phi) is 7.25. The predicted molar refractivity (Wildman–Crippen MR) is 125 cm³/mol. The molecular formula is C23H23Cl2F3N4O2. The minimum Gasteiger partial charge on any atom is -0.497 e. The van der Waals surface area contributed by atoms with Crippen LogP contribution in [0.3, 0.4) is 0 Å². The smallest absolute Gasteiger partial charge is 0.399 e. The molecule has 1 fully saturated rings. The van der Waals surface area contributed by atoms with Gasteiger partial charge in [-0.1, -0.05) is 41.8 Å². The molecule has 1 N–H and O–H groups in total. The van der Waals surface area contributed by atoms with E-state index in [2.05, 4.69) is 10.5 Å². The molecule has 0 unspecified atom stereocenters. The van der Waals surface area contributed by atoms with Crippen molar-refractivity contribution in [2.45, 2.75) is 31.5 Å². The van der Waals surface area contributed by atoms with E-state index < -0.39 is 29.8 Å². The number of amides is 1. The van der Waals surface area contributed by atoms with E-state index in [0.717, 1.165) is 24.3 Å². The maximum absolute atomic E-state index is 14.5. The number of hydrazine groups is 1. The number of halogens is 5. The third kappa shape index (κ3) is 5.11. The van der Waals surface area contributed by atoms with Gasteiger partial charge in [0.05, 0.1) is 23.9 Å². The highest BCUT2D eigenvalue weighted by atomic mass is 35.5. The lowest BCUT2D eigenvalue weighted by molar-refractivity contribution is -0.160. The van der Waals surface area contributed by atoms with Gasteiger partial charge >= 0.3 is 6.18 Å². The summed E-state index contributed by atoms with van der Waals surface area (Å²) in [7, 11) is 1.47. The zero-order chi connectivity index (χ0) is 24.5. The third-order valence-corrected chi connectivity index (χ3v) is 6.44. The van der Waals surface area contributed by atoms with E-state index in [0.29, 0.717) is 29.4 Å². The van der Waals surface area contributed by atoms with Gasteiger partial charge in [0.1, 0.15) is 17.4 Å². The topological polar surface area (TPSA) is 57.2 Å². The Morgan fingerprint density at radius 3 is 2.35 bits per heavy atom. The Morgan fingerprint density at radius 1 is 1.09 bits per heavy atom. The number of nitrogens with one attached hydrogen (secondary N) is 1. The molecule has 182 valence electrons. The number of hydrogen-bond donors (Lipinski definition) is 1. The molecule has 6 nitrogen and oxygen atoms in total. The van der Waals surface area contributed by atoms with Crippen LogP contribution in [0, 0.1) is 5.92 Å². The van der Waals surface area contributed by atoms with E-state index in [9.17, 15) is 18.0 Å². The van der Waals surface area contributed by atoms with Crippen LogP contribution in [-0.4, -0.2) is 43.0 Å². The lowest BCUT2D eigenvalue weighted by Gasteiger charge is -2.30. The van der Waals surface area contributed by atoms with Crippen molar-refractivity contribution in [3.8, 4) is 5.75 Å². The monoisotopic (exact) mass is 514 g/mol. The summed E-state index contributed by atoms with van der Waals surface area (Å²) in [5.41, 5.74) is 2.51. The number of carbonyl (C=O) groups is 1. The fraction of sp³-hybridized carbons (Fsp3) is 0.391. The fourth-order valence-corrected chi connectivity index (χ4v) is 4.76. The number of rotatable bonds is 5. The van der Waals surface area contributed by atoms with Crippen LogP contribution in [0.2, 0.25) is 10.0 Å². The van der Waals surface area contributed by atoms with Gasteiger partial charge in [-0.15, -0.1) is 0 Å². The normalized spacial score (nSPS) is 21.4. The molecule has 1 amide bonds. The second-order valence-electron chi connectivity index (χ2n) is 8.15. The van der Waals surface area contributed by atoms with E-state index in [4.69, 9.17) is 27.9 Å². The Balaban J connectivity index is 1.79. The maximum atomic E-state index is 14.5. The van der Waals surface area contributed by atoms with Gasteiger partial charge in [0, 0.05) is 18.1 Å². The highest BCUT2D eigenvalue weighted by Gasteiger charge is 2.56. The summed E-state index contributed by atoms with van der Waals surface area (Å²) in [4.78, 5) is 13.1. The number of benzene rings is 2. The van der Waals surface area contributed by atoms with Crippen molar-refractivity contribution in [3.63, 3.8) is 0 Å². The van der Waals surface area contributed by atoms with Gasteiger partial charge in [0.15, 0.2) is 0 Å². The summed E-state index contributed by atoms with van der Waals surface area (Å²) in [6.07, 6.45) is -2.02. The van der Waals surface area contributed by atoms with Crippen LogP contribution in [0.5, 0.6) is 5.75 Å². The summed E-state index contributed by atoms with van der Waals surface area (Å²) < 4.78 is 48.7. The molecule has 4 rings (SSSR count). The molecule has 0 aromatic heterocycles. The quantitative estimate of drug-likeness (QED) is 0.562. The molecule has 34 heavy (non-hydrogen) atoms. The number of methoxy groups -OCH3 is 1. The van der Waals surface area contributed by atoms with Crippen molar-refractivity contribution in [1.82, 2.24) is 10.4 Å². The van der Waals surface area contributed by atoms with E-state index in [1.807, 2.05) is 0 Å². The van der Waals surface area contributed by atoms with E-state index in [-0.39, 0.29) is 10.7 Å². The highest BCUT2D eigenvalue weighted by molar-refractivity contribution is 6.41. The van der Waals surface area contributed by atoms with Crippen LogP contribution in [0.1, 0.15) is 30.9 Å². The second-order valence-corrected chi connectivity index (χ2v) is 9.00. The van der Waals surface area contributed by atoms with Gasteiger partial charge in [-0.2, -0.15) is 18.3 Å². The minimum atomic E-state index is -4.75. The van der Waals surface area contributed by atoms with Crippen LogP contribution in [0.15, 0.2) is 47.6 Å². The number of anilines is 1. The average molecular weight is 515 g/mol. The third-order valence-electron chi connectivity index (χ3n) is 5.90. The van der Waals surface area contributed by atoms with Crippen molar-refractivity contribution in [1.29, 1.82) is 0 Å². The predicted octanol–water partition coefficient (Wildman–Crippen LogP) is 5.61. The Hall–Kier alpha value is -2.49. The van der Waals surface area contributed by atoms with Crippen LogP contribution in [-0.2, 0) is 4.79 Å². The maximum Gasteiger partial charge on any atom is 0.399 e. The number of alkyl halides is 3. The first-order chi connectivity index (χ1) is 16.2. The molecular weight excluding hydrogens is 492 g/mol. The standard InChI is InChI=1S/C23H23Cl2F3N4O2/c1-34-16-8-5-14(6-9-16)21-19(23(26,27)28)20(22(33)30-31-11-3-2-4-12-31)29-32(21)18-10-7-15(24)13-17(18)25/h5-10,13,19,21H,2-4,11-12H2,1H3,(H,30,33)/t19-,21-/m0/s1. The number of ether oxygens (including phenoxy) is 1. The lowest BCUT2D eigenvalue weighted by Crippen LogP contribution is -2.50. The molecule has 0 aliphatic carbocycles. The lowest BCUT2D eigenvalue weighted by atomic mass is 9.88. The molecule has 1 saturated heterocycles. The summed E-state index contributed by atoms with van der Waals surface area (Å²) in [6, 6.07) is 9.26. The summed E-state index contributed by atoms with van der Waals surface area (Å²) in [5.74, 6) is -2.57. The zero-order valence-electron chi connectivity index (χ0n) is 18.3. The molecule has 2 heterocycles. The van der Waals surface area contributed by atoms with E-state index >= 15 is 0 Å². The fourth-order valence-electron chi connectivity index (χ4n) is 4.26. The van der Waals surface area contributed by atoms with Gasteiger partial charge in [-0.05, 0) is 48.7 Å². The summed E-state index contributed by atoms with van der Waals surface area (Å²) in [5, 5.41) is 7.44. The van der Waals surface area contributed by atoms with Crippen molar-refractivity contribution in [2.75, 3.05) is 25.2 Å². The summed E-state index contributed by atoms with van der Waals surface area (Å²) >= 11 is 12.3. The molecule has 0 saturated carbocycles.